The molecule has 0 aliphatic rings. The van der Waals surface area contributed by atoms with Gasteiger partial charge in [-0.1, -0.05) is 44.2 Å². The first kappa shape index (κ1) is 21.4. The monoisotopic (exact) mass is 424 g/mol. The van der Waals surface area contributed by atoms with Crippen LogP contribution in [0, 0.1) is 0 Å². The Balaban J connectivity index is 1.84. The highest BCUT2D eigenvalue weighted by atomic mass is 32.2. The van der Waals surface area contributed by atoms with Crippen LogP contribution in [0.2, 0.25) is 0 Å². The average molecular weight is 425 g/mol. The number of carbonyl (C=O) groups excluding carboxylic acids is 1. The van der Waals surface area contributed by atoms with Crippen molar-refractivity contribution in [3.8, 4) is 5.75 Å². The second-order valence-corrected chi connectivity index (χ2v) is 8.74. The van der Waals surface area contributed by atoms with Crippen molar-refractivity contribution in [1.82, 2.24) is 0 Å². The van der Waals surface area contributed by atoms with Crippen LogP contribution >= 0.6 is 0 Å². The molecule has 3 aromatic carbocycles. The maximum atomic E-state index is 12.8. The second kappa shape index (κ2) is 9.00. The number of benzene rings is 3. The Morgan fingerprint density at radius 1 is 0.933 bits per heavy atom. The van der Waals surface area contributed by atoms with Crippen LogP contribution in [0.15, 0.2) is 77.7 Å². The average Bonchev–Trinajstić information content (AvgIpc) is 2.74. The fourth-order valence-electron chi connectivity index (χ4n) is 2.90. The molecule has 2 N–H and O–H groups in total. The molecule has 0 aliphatic carbocycles. The van der Waals surface area contributed by atoms with E-state index in [1.165, 1.54) is 0 Å². The lowest BCUT2D eigenvalue weighted by Gasteiger charge is -2.14. The summed E-state index contributed by atoms with van der Waals surface area (Å²) in [6, 6.07) is 20.1. The molecule has 7 heteroatoms. The van der Waals surface area contributed by atoms with Gasteiger partial charge in [-0.2, -0.15) is 0 Å². The summed E-state index contributed by atoms with van der Waals surface area (Å²) >= 11 is 0. The van der Waals surface area contributed by atoms with Gasteiger partial charge in [-0.15, -0.1) is 0 Å². The molecule has 0 aromatic heterocycles. The van der Waals surface area contributed by atoms with Gasteiger partial charge in [0.2, 0.25) is 0 Å². The minimum atomic E-state index is -3.85. The first-order chi connectivity index (χ1) is 14.3. The molecule has 0 radical (unpaired) electrons. The van der Waals surface area contributed by atoms with Crippen LogP contribution in [0.3, 0.4) is 0 Å². The molecule has 6 nitrogen and oxygen atoms in total. The first-order valence-electron chi connectivity index (χ1n) is 9.47. The lowest BCUT2D eigenvalue weighted by atomic mass is 10.0. The van der Waals surface area contributed by atoms with E-state index in [-0.39, 0.29) is 16.1 Å². The number of rotatable bonds is 7. The van der Waals surface area contributed by atoms with E-state index in [1.54, 1.807) is 79.9 Å². The number of sulfonamides is 1. The van der Waals surface area contributed by atoms with Gasteiger partial charge < -0.3 is 10.1 Å². The number of nitrogens with one attached hydrogen (secondary N) is 2. The summed E-state index contributed by atoms with van der Waals surface area (Å²) < 4.78 is 33.4. The lowest BCUT2D eigenvalue weighted by Crippen LogP contribution is -2.18. The van der Waals surface area contributed by atoms with Crippen molar-refractivity contribution in [2.45, 2.75) is 24.7 Å². The molecule has 30 heavy (non-hydrogen) atoms. The van der Waals surface area contributed by atoms with Gasteiger partial charge in [0.05, 0.1) is 23.3 Å². The molecular formula is C23H24N2O4S. The standard InChI is InChI=1S/C23H24N2O4S/c1-16(2)17-11-13-20(14-12-17)30(27,28)25-22-10-5-4-9-21(22)23(26)24-18-7-6-8-19(15-18)29-3/h4-16,25H,1-3H3,(H,24,26). The zero-order valence-electron chi connectivity index (χ0n) is 17.0. The number of ether oxygens (including phenoxy) is 1. The number of amides is 1. The molecule has 156 valence electrons. The van der Waals surface area contributed by atoms with Gasteiger partial charge >= 0.3 is 0 Å². The van der Waals surface area contributed by atoms with Crippen LogP contribution < -0.4 is 14.8 Å². The highest BCUT2D eigenvalue weighted by Gasteiger charge is 2.19. The van der Waals surface area contributed by atoms with Gasteiger partial charge in [0.1, 0.15) is 5.75 Å². The Morgan fingerprint density at radius 3 is 2.30 bits per heavy atom. The van der Waals surface area contributed by atoms with Crippen molar-refractivity contribution < 1.29 is 17.9 Å². The molecule has 3 rings (SSSR count). The van der Waals surface area contributed by atoms with E-state index < -0.39 is 15.9 Å². The summed E-state index contributed by atoms with van der Waals surface area (Å²) in [5, 5.41) is 2.77. The molecule has 0 unspecified atom stereocenters. The molecular weight excluding hydrogens is 400 g/mol. The van der Waals surface area contributed by atoms with Gasteiger partial charge in [-0.3, -0.25) is 9.52 Å². The van der Waals surface area contributed by atoms with Crippen LogP contribution in [0.25, 0.3) is 0 Å². The molecule has 1 amide bonds. The summed E-state index contributed by atoms with van der Waals surface area (Å²) in [5.74, 6) is 0.471. The fraction of sp³-hybridized carbons (Fsp3) is 0.174. The van der Waals surface area contributed by atoms with Crippen molar-refractivity contribution in [3.05, 3.63) is 83.9 Å². The molecule has 0 bridgehead atoms. The van der Waals surface area contributed by atoms with Crippen LogP contribution in [-0.2, 0) is 10.0 Å². The van der Waals surface area contributed by atoms with Gasteiger partial charge in [-0.05, 0) is 47.9 Å². The van der Waals surface area contributed by atoms with Crippen LogP contribution in [0.1, 0.15) is 35.7 Å². The van der Waals surface area contributed by atoms with E-state index in [0.717, 1.165) is 5.56 Å². The number of hydrogen-bond donors (Lipinski definition) is 2. The zero-order chi connectivity index (χ0) is 21.7. The number of carbonyl (C=O) groups is 1. The molecule has 0 spiro atoms. The largest absolute Gasteiger partial charge is 0.497 e. The smallest absolute Gasteiger partial charge is 0.261 e. The van der Waals surface area contributed by atoms with Crippen molar-refractivity contribution in [3.63, 3.8) is 0 Å². The Morgan fingerprint density at radius 2 is 1.63 bits per heavy atom. The normalized spacial score (nSPS) is 11.2. The van der Waals surface area contributed by atoms with Crippen LogP contribution in [-0.4, -0.2) is 21.4 Å². The number of para-hydroxylation sites is 1. The van der Waals surface area contributed by atoms with Crippen LogP contribution in [0.4, 0.5) is 11.4 Å². The Hall–Kier alpha value is -3.32. The Kier molecular flexibility index (Phi) is 6.42. The maximum absolute atomic E-state index is 12.8. The second-order valence-electron chi connectivity index (χ2n) is 7.06. The van der Waals surface area contributed by atoms with Crippen molar-refractivity contribution in [1.29, 1.82) is 0 Å². The minimum Gasteiger partial charge on any atom is -0.497 e. The van der Waals surface area contributed by atoms with E-state index in [2.05, 4.69) is 10.0 Å². The van der Waals surface area contributed by atoms with E-state index in [9.17, 15) is 13.2 Å². The SMILES string of the molecule is COc1cccc(NC(=O)c2ccccc2NS(=O)(=O)c2ccc(C(C)C)cc2)c1. The third-order valence-corrected chi connectivity index (χ3v) is 5.98. The summed E-state index contributed by atoms with van der Waals surface area (Å²) in [7, 11) is -2.30. The van der Waals surface area contributed by atoms with Crippen molar-refractivity contribution in [2.75, 3.05) is 17.1 Å². The predicted molar refractivity (Wildman–Crippen MR) is 119 cm³/mol. The summed E-state index contributed by atoms with van der Waals surface area (Å²) in [5.41, 5.74) is 2.00. The third kappa shape index (κ3) is 4.99. The lowest BCUT2D eigenvalue weighted by molar-refractivity contribution is 0.102. The molecule has 0 aliphatic heterocycles. The first-order valence-corrected chi connectivity index (χ1v) is 11.0. The molecule has 0 fully saturated rings. The topological polar surface area (TPSA) is 84.5 Å². The van der Waals surface area contributed by atoms with Gasteiger partial charge in [-0.25, -0.2) is 8.42 Å². The molecule has 0 atom stereocenters. The predicted octanol–water partition coefficient (Wildman–Crippen LogP) is 4.87. The highest BCUT2D eigenvalue weighted by Crippen LogP contribution is 2.24. The molecule has 0 saturated carbocycles. The van der Waals surface area contributed by atoms with E-state index in [4.69, 9.17) is 4.74 Å². The van der Waals surface area contributed by atoms with Gasteiger partial charge in [0.25, 0.3) is 15.9 Å². The summed E-state index contributed by atoms with van der Waals surface area (Å²) in [6.07, 6.45) is 0. The van der Waals surface area contributed by atoms with E-state index in [1.807, 2.05) is 13.8 Å². The zero-order valence-corrected chi connectivity index (χ0v) is 17.9. The van der Waals surface area contributed by atoms with Gasteiger partial charge in [0.15, 0.2) is 0 Å². The Bertz CT molecular complexity index is 1140. The molecule has 0 saturated heterocycles. The third-order valence-electron chi connectivity index (χ3n) is 4.60. The minimum absolute atomic E-state index is 0.134. The van der Waals surface area contributed by atoms with Crippen molar-refractivity contribution >= 4 is 27.3 Å². The Labute approximate surface area is 177 Å². The molecule has 0 heterocycles. The summed E-state index contributed by atoms with van der Waals surface area (Å²) in [6.45, 7) is 4.08. The summed E-state index contributed by atoms with van der Waals surface area (Å²) in [4.78, 5) is 12.9. The molecule has 3 aromatic rings. The van der Waals surface area contributed by atoms with Crippen LogP contribution in [0.5, 0.6) is 5.75 Å². The highest BCUT2D eigenvalue weighted by molar-refractivity contribution is 7.92. The van der Waals surface area contributed by atoms with E-state index >= 15 is 0 Å². The quantitative estimate of drug-likeness (QED) is 0.567. The number of hydrogen-bond acceptors (Lipinski definition) is 4. The maximum Gasteiger partial charge on any atom is 0.261 e. The van der Waals surface area contributed by atoms with E-state index in [0.29, 0.717) is 17.4 Å². The van der Waals surface area contributed by atoms with Gasteiger partial charge in [0, 0.05) is 11.8 Å². The fourth-order valence-corrected chi connectivity index (χ4v) is 3.98. The number of methoxy groups -OCH3 is 1. The number of anilines is 2. The van der Waals surface area contributed by atoms with Crippen molar-refractivity contribution in [2.24, 2.45) is 0 Å².